The highest BCUT2D eigenvalue weighted by Crippen LogP contribution is 2.17. The zero-order chi connectivity index (χ0) is 19.1. The molecule has 0 aliphatic rings. The van der Waals surface area contributed by atoms with E-state index in [1.807, 2.05) is 24.3 Å². The second-order valence-electron chi connectivity index (χ2n) is 5.74. The number of nitrogens with two attached hydrogens (primary N) is 1. The third kappa shape index (κ3) is 5.27. The third-order valence-corrected chi connectivity index (χ3v) is 3.76. The lowest BCUT2D eigenvalue weighted by Crippen LogP contribution is -2.22. The largest absolute Gasteiger partial charge is 0.497 e. The van der Waals surface area contributed by atoms with Gasteiger partial charge in [-0.05, 0) is 55.0 Å². The maximum atomic E-state index is 13.0. The molecule has 0 bridgehead atoms. The zero-order valence-corrected chi connectivity index (χ0v) is 14.9. The van der Waals surface area contributed by atoms with Crippen molar-refractivity contribution in [1.82, 2.24) is 10.1 Å². The molecule has 0 atom stereocenters. The minimum Gasteiger partial charge on any atom is -0.497 e. The summed E-state index contributed by atoms with van der Waals surface area (Å²) in [5.74, 6) is 1.75. The molecule has 1 heterocycles. The molecule has 0 saturated carbocycles. The van der Waals surface area contributed by atoms with Crippen LogP contribution in [0.15, 0.2) is 58.0 Å². The van der Waals surface area contributed by atoms with E-state index >= 15 is 0 Å². The van der Waals surface area contributed by atoms with Gasteiger partial charge in [-0.2, -0.15) is 4.98 Å². The number of rotatable bonds is 7. The quantitative estimate of drug-likeness (QED) is 0.377. The van der Waals surface area contributed by atoms with Gasteiger partial charge in [-0.15, -0.1) is 0 Å². The molecule has 2 aromatic carbocycles. The lowest BCUT2D eigenvalue weighted by Gasteiger charge is -2.06. The number of anilines is 1. The summed E-state index contributed by atoms with van der Waals surface area (Å²) < 4.78 is 23.3. The molecule has 0 spiro atoms. The van der Waals surface area contributed by atoms with Crippen molar-refractivity contribution >= 4 is 11.6 Å². The van der Waals surface area contributed by atoms with Gasteiger partial charge in [0.1, 0.15) is 11.6 Å². The number of nitrogens with zero attached hydrogens (tertiary/aromatic N) is 3. The van der Waals surface area contributed by atoms with Gasteiger partial charge in [-0.25, -0.2) is 4.39 Å². The van der Waals surface area contributed by atoms with Crippen LogP contribution in [-0.4, -0.2) is 29.8 Å². The molecule has 0 aliphatic carbocycles. The second kappa shape index (κ2) is 8.79. The predicted octanol–water partition coefficient (Wildman–Crippen LogP) is 3.24. The monoisotopic (exact) mass is 369 g/mol. The van der Waals surface area contributed by atoms with Crippen LogP contribution in [0.3, 0.4) is 0 Å². The molecular weight excluding hydrogens is 349 g/mol. The summed E-state index contributed by atoms with van der Waals surface area (Å²) in [7, 11) is 1.62. The van der Waals surface area contributed by atoms with Crippen molar-refractivity contribution in [2.45, 2.75) is 12.8 Å². The number of aliphatic imine (C=N–C) groups is 1. The molecule has 1 aromatic heterocycles. The van der Waals surface area contributed by atoms with Gasteiger partial charge in [0.25, 0.3) is 0 Å². The number of halogens is 1. The lowest BCUT2D eigenvalue weighted by atomic mass is 10.2. The third-order valence-electron chi connectivity index (χ3n) is 3.76. The summed E-state index contributed by atoms with van der Waals surface area (Å²) in [6, 6.07) is 13.3. The standard InChI is InChI=1S/C19H20FN5O2/c1-26-16-10-8-15(9-11-16)23-19(21)22-12-2-3-17-24-18(25-27-17)13-4-6-14(20)7-5-13/h4-11H,2-3,12H2,1H3,(H3,21,22,23). The van der Waals surface area contributed by atoms with Gasteiger partial charge in [-0.1, -0.05) is 5.16 Å². The van der Waals surface area contributed by atoms with Gasteiger partial charge >= 0.3 is 0 Å². The van der Waals surface area contributed by atoms with Crippen molar-refractivity contribution in [3.8, 4) is 17.1 Å². The number of methoxy groups -OCH3 is 1. The average molecular weight is 369 g/mol. The van der Waals surface area contributed by atoms with Gasteiger partial charge in [0.15, 0.2) is 5.96 Å². The van der Waals surface area contributed by atoms with E-state index < -0.39 is 0 Å². The number of benzene rings is 2. The predicted molar refractivity (Wildman–Crippen MR) is 101 cm³/mol. The Morgan fingerprint density at radius 1 is 1.19 bits per heavy atom. The molecule has 0 aliphatic heterocycles. The Labute approximate surface area is 156 Å². The molecule has 0 amide bonds. The van der Waals surface area contributed by atoms with E-state index in [0.29, 0.717) is 42.6 Å². The molecule has 7 nitrogen and oxygen atoms in total. The number of hydrogen-bond acceptors (Lipinski definition) is 5. The Hall–Kier alpha value is -3.42. The molecule has 0 unspecified atom stereocenters. The highest BCUT2D eigenvalue weighted by molar-refractivity contribution is 5.92. The number of nitrogens with one attached hydrogen (secondary N) is 1. The highest BCUT2D eigenvalue weighted by Gasteiger charge is 2.08. The van der Waals surface area contributed by atoms with E-state index in [0.717, 1.165) is 11.4 Å². The van der Waals surface area contributed by atoms with Crippen LogP contribution in [0.2, 0.25) is 0 Å². The van der Waals surface area contributed by atoms with E-state index in [1.165, 1.54) is 12.1 Å². The SMILES string of the molecule is COc1ccc(NC(N)=NCCCc2nc(-c3ccc(F)cc3)no2)cc1. The second-order valence-corrected chi connectivity index (χ2v) is 5.74. The first kappa shape index (κ1) is 18.4. The molecule has 8 heteroatoms. The van der Waals surface area contributed by atoms with Crippen molar-refractivity contribution in [3.63, 3.8) is 0 Å². The van der Waals surface area contributed by atoms with Crippen LogP contribution < -0.4 is 15.8 Å². The fraction of sp³-hybridized carbons (Fsp3) is 0.211. The number of ether oxygens (including phenoxy) is 1. The van der Waals surface area contributed by atoms with E-state index in [2.05, 4.69) is 20.4 Å². The summed E-state index contributed by atoms with van der Waals surface area (Å²) in [4.78, 5) is 8.58. The molecule has 0 saturated heterocycles. The van der Waals surface area contributed by atoms with Crippen molar-refractivity contribution in [2.24, 2.45) is 10.7 Å². The maximum Gasteiger partial charge on any atom is 0.227 e. The summed E-state index contributed by atoms with van der Waals surface area (Å²) in [5, 5.41) is 6.92. The number of hydrogen-bond donors (Lipinski definition) is 2. The summed E-state index contributed by atoms with van der Waals surface area (Å²) in [5.41, 5.74) is 7.41. The number of guanidine groups is 1. The van der Waals surface area contributed by atoms with Crippen LogP contribution in [0.5, 0.6) is 5.75 Å². The molecule has 3 rings (SSSR count). The van der Waals surface area contributed by atoms with E-state index in [-0.39, 0.29) is 5.82 Å². The first-order valence-corrected chi connectivity index (χ1v) is 8.43. The normalized spacial score (nSPS) is 11.4. The molecule has 140 valence electrons. The first-order valence-electron chi connectivity index (χ1n) is 8.43. The van der Waals surface area contributed by atoms with Crippen molar-refractivity contribution in [1.29, 1.82) is 0 Å². The Bertz CT molecular complexity index is 891. The van der Waals surface area contributed by atoms with Crippen LogP contribution in [0.1, 0.15) is 12.3 Å². The molecule has 0 radical (unpaired) electrons. The fourth-order valence-electron chi connectivity index (χ4n) is 2.36. The van der Waals surface area contributed by atoms with Crippen LogP contribution in [0.4, 0.5) is 10.1 Å². The van der Waals surface area contributed by atoms with Crippen LogP contribution in [0.25, 0.3) is 11.4 Å². The summed E-state index contributed by atoms with van der Waals surface area (Å²) in [6.07, 6.45) is 1.28. The fourth-order valence-corrected chi connectivity index (χ4v) is 2.36. The topological polar surface area (TPSA) is 98.6 Å². The molecule has 3 aromatic rings. The Morgan fingerprint density at radius 3 is 2.63 bits per heavy atom. The van der Waals surface area contributed by atoms with Gasteiger partial charge in [0, 0.05) is 24.2 Å². The van der Waals surface area contributed by atoms with E-state index in [4.69, 9.17) is 15.0 Å². The number of aryl methyl sites for hydroxylation is 1. The summed E-state index contributed by atoms with van der Waals surface area (Å²) >= 11 is 0. The summed E-state index contributed by atoms with van der Waals surface area (Å²) in [6.45, 7) is 0.517. The van der Waals surface area contributed by atoms with Crippen LogP contribution in [0, 0.1) is 5.82 Å². The Balaban J connectivity index is 1.46. The minimum atomic E-state index is -0.304. The van der Waals surface area contributed by atoms with Gasteiger partial charge in [0.2, 0.25) is 11.7 Å². The maximum absolute atomic E-state index is 13.0. The average Bonchev–Trinajstić information content (AvgIpc) is 3.15. The number of aromatic nitrogens is 2. The Kier molecular flexibility index (Phi) is 5.98. The van der Waals surface area contributed by atoms with E-state index in [9.17, 15) is 4.39 Å². The molecule has 3 N–H and O–H groups in total. The van der Waals surface area contributed by atoms with E-state index in [1.54, 1.807) is 19.2 Å². The molecular formula is C19H20FN5O2. The highest BCUT2D eigenvalue weighted by atomic mass is 19.1. The smallest absolute Gasteiger partial charge is 0.227 e. The molecule has 0 fully saturated rings. The van der Waals surface area contributed by atoms with Gasteiger partial charge in [-0.3, -0.25) is 4.99 Å². The van der Waals surface area contributed by atoms with Gasteiger partial charge < -0.3 is 20.3 Å². The van der Waals surface area contributed by atoms with Crippen LogP contribution in [-0.2, 0) is 6.42 Å². The van der Waals surface area contributed by atoms with Crippen molar-refractivity contribution < 1.29 is 13.7 Å². The molecule has 27 heavy (non-hydrogen) atoms. The van der Waals surface area contributed by atoms with Crippen LogP contribution >= 0.6 is 0 Å². The lowest BCUT2D eigenvalue weighted by molar-refractivity contribution is 0.376. The zero-order valence-electron chi connectivity index (χ0n) is 14.9. The first-order chi connectivity index (χ1) is 13.1. The van der Waals surface area contributed by atoms with Gasteiger partial charge in [0.05, 0.1) is 7.11 Å². The minimum absolute atomic E-state index is 0.304. The van der Waals surface area contributed by atoms with Crippen molar-refractivity contribution in [2.75, 3.05) is 19.0 Å². The Morgan fingerprint density at radius 2 is 1.93 bits per heavy atom. The van der Waals surface area contributed by atoms with Crippen molar-refractivity contribution in [3.05, 3.63) is 60.2 Å².